The van der Waals surface area contributed by atoms with Gasteiger partial charge in [0.05, 0.1) is 12.6 Å². The van der Waals surface area contributed by atoms with Crippen LogP contribution in [0.3, 0.4) is 0 Å². The number of fused-ring (bicyclic) bond motifs is 3. The maximum absolute atomic E-state index is 9.99. The Bertz CT molecular complexity index is 996. The zero-order chi connectivity index (χ0) is 15.8. The fraction of sp³-hybridized carbons (Fsp3) is 0.0588. The van der Waals surface area contributed by atoms with E-state index in [4.69, 9.17) is 4.74 Å². The highest BCUT2D eigenvalue weighted by atomic mass is 16.5. The molecule has 4 rings (SSSR count). The highest BCUT2D eigenvalue weighted by Gasteiger charge is 2.13. The number of methoxy groups -OCH3 is 1. The molecule has 0 aliphatic heterocycles. The quantitative estimate of drug-likeness (QED) is 0.539. The summed E-state index contributed by atoms with van der Waals surface area (Å²) in [6, 6.07) is 13.2. The van der Waals surface area contributed by atoms with Gasteiger partial charge >= 0.3 is 0 Å². The largest absolute Gasteiger partial charge is 0.504 e. The molecule has 2 heterocycles. The van der Waals surface area contributed by atoms with Crippen LogP contribution in [0.2, 0.25) is 0 Å². The lowest BCUT2D eigenvalue weighted by Gasteiger charge is -2.05. The van der Waals surface area contributed by atoms with Crippen LogP contribution < -0.4 is 10.1 Å². The average molecular weight is 306 g/mol. The maximum atomic E-state index is 9.99. The lowest BCUT2D eigenvalue weighted by atomic mass is 10.2. The molecule has 0 saturated heterocycles. The second kappa shape index (κ2) is 5.17. The zero-order valence-electron chi connectivity index (χ0n) is 12.4. The molecule has 0 fully saturated rings. The number of H-pyrrole nitrogens is 1. The van der Waals surface area contributed by atoms with Crippen molar-refractivity contribution in [2.75, 3.05) is 12.4 Å². The van der Waals surface area contributed by atoms with Crippen LogP contribution >= 0.6 is 0 Å². The Morgan fingerprint density at radius 2 is 1.96 bits per heavy atom. The van der Waals surface area contributed by atoms with E-state index in [2.05, 4.69) is 20.3 Å². The van der Waals surface area contributed by atoms with Crippen molar-refractivity contribution < 1.29 is 9.84 Å². The second-order valence-corrected chi connectivity index (χ2v) is 5.13. The number of hydrogen-bond donors (Lipinski definition) is 3. The Balaban J connectivity index is 1.91. The number of benzene rings is 2. The number of rotatable bonds is 3. The maximum Gasteiger partial charge on any atom is 0.162 e. The number of ether oxygens (including phenoxy) is 1. The first-order valence-electron chi connectivity index (χ1n) is 7.11. The van der Waals surface area contributed by atoms with E-state index >= 15 is 0 Å². The summed E-state index contributed by atoms with van der Waals surface area (Å²) in [6.07, 6.45) is 1.50. The standard InChI is InChI=1S/C17H14N4O2/c1-23-14-8-12-11(7-13(14)22)15-16(21-12)17(19-9-18-15)20-10-5-3-2-4-6-10/h2-9,21-22H,1H3,(H,18,19,20). The number of para-hydroxylation sites is 1. The number of anilines is 2. The normalized spacial score (nSPS) is 11.0. The second-order valence-electron chi connectivity index (χ2n) is 5.13. The molecule has 0 amide bonds. The van der Waals surface area contributed by atoms with Crippen LogP contribution in [0.5, 0.6) is 11.5 Å². The van der Waals surface area contributed by atoms with Crippen LogP contribution in [0.1, 0.15) is 0 Å². The first-order chi connectivity index (χ1) is 11.3. The van der Waals surface area contributed by atoms with Crippen LogP contribution in [0.4, 0.5) is 11.5 Å². The highest BCUT2D eigenvalue weighted by molar-refractivity contribution is 6.09. The van der Waals surface area contributed by atoms with Gasteiger partial charge in [0.25, 0.3) is 0 Å². The average Bonchev–Trinajstić information content (AvgIpc) is 2.94. The summed E-state index contributed by atoms with van der Waals surface area (Å²) in [4.78, 5) is 11.9. The van der Waals surface area contributed by atoms with Crippen molar-refractivity contribution in [3.8, 4) is 11.5 Å². The summed E-state index contributed by atoms with van der Waals surface area (Å²) in [6.45, 7) is 0. The van der Waals surface area contributed by atoms with Crippen LogP contribution in [-0.2, 0) is 0 Å². The summed E-state index contributed by atoms with van der Waals surface area (Å²) in [5.41, 5.74) is 3.28. The Morgan fingerprint density at radius 1 is 1.13 bits per heavy atom. The van der Waals surface area contributed by atoms with Gasteiger partial charge in [-0.25, -0.2) is 9.97 Å². The van der Waals surface area contributed by atoms with Gasteiger partial charge in [0.1, 0.15) is 17.4 Å². The van der Waals surface area contributed by atoms with E-state index in [1.165, 1.54) is 13.4 Å². The Labute approximate surface area is 131 Å². The molecule has 6 nitrogen and oxygen atoms in total. The van der Waals surface area contributed by atoms with Crippen LogP contribution in [0.15, 0.2) is 48.8 Å². The third-order valence-corrected chi connectivity index (χ3v) is 3.72. The number of phenolic OH excluding ortho intramolecular Hbond substituents is 1. The lowest BCUT2D eigenvalue weighted by molar-refractivity contribution is 0.374. The first kappa shape index (κ1) is 13.4. The molecule has 3 N–H and O–H groups in total. The fourth-order valence-electron chi connectivity index (χ4n) is 2.63. The van der Waals surface area contributed by atoms with E-state index in [-0.39, 0.29) is 5.75 Å². The highest BCUT2D eigenvalue weighted by Crippen LogP contribution is 2.35. The molecule has 6 heteroatoms. The van der Waals surface area contributed by atoms with Crippen molar-refractivity contribution in [2.45, 2.75) is 0 Å². The number of aromatic amines is 1. The van der Waals surface area contributed by atoms with Crippen LogP contribution in [-0.4, -0.2) is 27.2 Å². The molecule has 0 bridgehead atoms. The van der Waals surface area contributed by atoms with Gasteiger partial charge in [0.2, 0.25) is 0 Å². The number of nitrogens with one attached hydrogen (secondary N) is 2. The molecule has 0 saturated carbocycles. The molecule has 0 aliphatic carbocycles. The van der Waals surface area contributed by atoms with Gasteiger partial charge in [0.15, 0.2) is 17.3 Å². The lowest BCUT2D eigenvalue weighted by Crippen LogP contribution is -1.95. The van der Waals surface area contributed by atoms with Crippen molar-refractivity contribution in [1.29, 1.82) is 0 Å². The molecule has 0 atom stereocenters. The molecule has 114 valence electrons. The third kappa shape index (κ3) is 2.20. The van der Waals surface area contributed by atoms with E-state index in [0.717, 1.165) is 27.6 Å². The minimum absolute atomic E-state index is 0.0806. The minimum atomic E-state index is 0.0806. The van der Waals surface area contributed by atoms with E-state index in [9.17, 15) is 5.11 Å². The molecule has 0 aliphatic rings. The Kier molecular flexibility index (Phi) is 3.01. The predicted octanol–water partition coefficient (Wildman–Crippen LogP) is 3.57. The molecule has 23 heavy (non-hydrogen) atoms. The topological polar surface area (TPSA) is 83.1 Å². The van der Waals surface area contributed by atoms with Crippen LogP contribution in [0, 0.1) is 0 Å². The van der Waals surface area contributed by atoms with Crippen LogP contribution in [0.25, 0.3) is 21.9 Å². The van der Waals surface area contributed by atoms with Gasteiger partial charge in [-0.1, -0.05) is 18.2 Å². The van der Waals surface area contributed by atoms with Gasteiger partial charge < -0.3 is 20.1 Å². The van der Waals surface area contributed by atoms with Gasteiger partial charge in [-0.3, -0.25) is 0 Å². The summed E-state index contributed by atoms with van der Waals surface area (Å²) in [5, 5.41) is 14.1. The zero-order valence-corrected chi connectivity index (χ0v) is 12.4. The van der Waals surface area contributed by atoms with Gasteiger partial charge in [-0.05, 0) is 18.2 Å². The molecule has 2 aromatic heterocycles. The third-order valence-electron chi connectivity index (χ3n) is 3.72. The first-order valence-corrected chi connectivity index (χ1v) is 7.11. The van der Waals surface area contributed by atoms with Crippen molar-refractivity contribution in [3.05, 3.63) is 48.8 Å². The molecule has 4 aromatic rings. The summed E-state index contributed by atoms with van der Waals surface area (Å²) in [7, 11) is 1.52. The van der Waals surface area contributed by atoms with E-state index in [1.807, 2.05) is 30.3 Å². The summed E-state index contributed by atoms with van der Waals surface area (Å²) >= 11 is 0. The molecule has 0 radical (unpaired) electrons. The number of hydrogen-bond acceptors (Lipinski definition) is 5. The SMILES string of the molecule is COc1cc2[nH]c3c(Nc4ccccc4)ncnc3c2cc1O. The van der Waals surface area contributed by atoms with Crippen molar-refractivity contribution in [2.24, 2.45) is 0 Å². The monoisotopic (exact) mass is 306 g/mol. The molecular weight excluding hydrogens is 292 g/mol. The summed E-state index contributed by atoms with van der Waals surface area (Å²) in [5.74, 6) is 1.17. The van der Waals surface area contributed by atoms with Crippen molar-refractivity contribution in [3.63, 3.8) is 0 Å². The van der Waals surface area contributed by atoms with Crippen molar-refractivity contribution in [1.82, 2.24) is 15.0 Å². The minimum Gasteiger partial charge on any atom is -0.504 e. The van der Waals surface area contributed by atoms with E-state index < -0.39 is 0 Å². The van der Waals surface area contributed by atoms with Gasteiger partial charge in [-0.2, -0.15) is 0 Å². The number of aromatic nitrogens is 3. The summed E-state index contributed by atoms with van der Waals surface area (Å²) < 4.78 is 5.15. The van der Waals surface area contributed by atoms with E-state index in [1.54, 1.807) is 12.1 Å². The molecular formula is C17H14N4O2. The molecule has 0 unspecified atom stereocenters. The smallest absolute Gasteiger partial charge is 0.162 e. The van der Waals surface area contributed by atoms with Crippen molar-refractivity contribution >= 4 is 33.4 Å². The molecule has 2 aromatic carbocycles. The fourth-order valence-corrected chi connectivity index (χ4v) is 2.63. The number of phenols is 1. The van der Waals surface area contributed by atoms with E-state index in [0.29, 0.717) is 11.6 Å². The van der Waals surface area contributed by atoms with Gasteiger partial charge in [0, 0.05) is 17.1 Å². The predicted molar refractivity (Wildman–Crippen MR) is 89.3 cm³/mol. The Morgan fingerprint density at radius 3 is 2.74 bits per heavy atom. The van der Waals surface area contributed by atoms with Gasteiger partial charge in [-0.15, -0.1) is 0 Å². The molecule has 0 spiro atoms. The number of aromatic hydroxyl groups is 1. The number of nitrogens with zero attached hydrogens (tertiary/aromatic N) is 2. The Hall–Kier alpha value is -3.28.